The molecule has 92 valence electrons. The molecule has 18 heavy (non-hydrogen) atoms. The van der Waals surface area contributed by atoms with Gasteiger partial charge in [-0.15, -0.1) is 11.8 Å². The van der Waals surface area contributed by atoms with Crippen LogP contribution in [0.1, 0.15) is 17.1 Å². The van der Waals surface area contributed by atoms with Crippen molar-refractivity contribution in [1.29, 1.82) is 0 Å². The SMILES string of the molecule is Brc1ccc(SCc2ncc3c(n2)CNC3)cc1. The number of hydrogen-bond acceptors (Lipinski definition) is 4. The van der Waals surface area contributed by atoms with Gasteiger partial charge >= 0.3 is 0 Å². The summed E-state index contributed by atoms with van der Waals surface area (Å²) in [7, 11) is 0. The second-order valence-corrected chi connectivity index (χ2v) is 6.07. The largest absolute Gasteiger partial charge is 0.307 e. The van der Waals surface area contributed by atoms with Crippen molar-refractivity contribution in [2.24, 2.45) is 0 Å². The molecule has 2 heterocycles. The van der Waals surface area contributed by atoms with Crippen molar-refractivity contribution in [1.82, 2.24) is 15.3 Å². The van der Waals surface area contributed by atoms with E-state index in [0.717, 1.165) is 34.8 Å². The second-order valence-electron chi connectivity index (χ2n) is 4.10. The van der Waals surface area contributed by atoms with Gasteiger partial charge in [0.05, 0.1) is 11.4 Å². The number of aromatic nitrogens is 2. The number of thioether (sulfide) groups is 1. The van der Waals surface area contributed by atoms with E-state index in [-0.39, 0.29) is 0 Å². The van der Waals surface area contributed by atoms with Crippen molar-refractivity contribution < 1.29 is 0 Å². The monoisotopic (exact) mass is 321 g/mol. The third-order valence-corrected chi connectivity index (χ3v) is 4.33. The fraction of sp³-hybridized carbons (Fsp3) is 0.231. The minimum Gasteiger partial charge on any atom is -0.307 e. The summed E-state index contributed by atoms with van der Waals surface area (Å²) in [5, 5.41) is 3.28. The summed E-state index contributed by atoms with van der Waals surface area (Å²) in [6.45, 7) is 1.77. The highest BCUT2D eigenvalue weighted by atomic mass is 79.9. The maximum atomic E-state index is 4.58. The lowest BCUT2D eigenvalue weighted by Gasteiger charge is -2.03. The van der Waals surface area contributed by atoms with Crippen molar-refractivity contribution in [3.63, 3.8) is 0 Å². The molecule has 1 aromatic heterocycles. The van der Waals surface area contributed by atoms with Gasteiger partial charge in [-0.3, -0.25) is 0 Å². The highest BCUT2D eigenvalue weighted by Gasteiger charge is 2.12. The summed E-state index contributed by atoms with van der Waals surface area (Å²) >= 11 is 5.20. The smallest absolute Gasteiger partial charge is 0.138 e. The fourth-order valence-corrected chi connectivity index (χ4v) is 2.88. The van der Waals surface area contributed by atoms with Crippen molar-refractivity contribution in [3.8, 4) is 0 Å². The highest BCUT2D eigenvalue weighted by Crippen LogP contribution is 2.23. The average Bonchev–Trinajstić information content (AvgIpc) is 2.85. The molecule has 1 aromatic carbocycles. The van der Waals surface area contributed by atoms with E-state index in [1.165, 1.54) is 10.5 Å². The van der Waals surface area contributed by atoms with Crippen LogP contribution in [0.3, 0.4) is 0 Å². The van der Waals surface area contributed by atoms with Crippen LogP contribution in [0.4, 0.5) is 0 Å². The van der Waals surface area contributed by atoms with Gasteiger partial charge in [-0.2, -0.15) is 0 Å². The molecule has 3 nitrogen and oxygen atoms in total. The van der Waals surface area contributed by atoms with E-state index in [1.54, 1.807) is 11.8 Å². The molecule has 1 aliphatic rings. The standard InChI is InChI=1S/C13H12BrN3S/c14-10-1-3-11(4-2-10)18-8-13-16-6-9-5-15-7-12(9)17-13/h1-4,6,15H,5,7-8H2. The quantitative estimate of drug-likeness (QED) is 0.881. The number of hydrogen-bond donors (Lipinski definition) is 1. The zero-order valence-electron chi connectivity index (χ0n) is 9.69. The van der Waals surface area contributed by atoms with E-state index in [2.05, 4.69) is 55.5 Å². The van der Waals surface area contributed by atoms with Crippen LogP contribution in [-0.4, -0.2) is 9.97 Å². The molecular formula is C13H12BrN3S. The summed E-state index contributed by atoms with van der Waals surface area (Å²) in [4.78, 5) is 10.2. The van der Waals surface area contributed by atoms with Crippen LogP contribution < -0.4 is 5.32 Å². The van der Waals surface area contributed by atoms with Crippen LogP contribution in [0.2, 0.25) is 0 Å². The molecule has 0 saturated heterocycles. The van der Waals surface area contributed by atoms with Crippen molar-refractivity contribution in [2.75, 3.05) is 0 Å². The average molecular weight is 322 g/mol. The number of nitrogens with zero attached hydrogens (tertiary/aromatic N) is 2. The van der Waals surface area contributed by atoms with Gasteiger partial charge in [0.25, 0.3) is 0 Å². The molecule has 0 aliphatic carbocycles. The molecule has 0 atom stereocenters. The topological polar surface area (TPSA) is 37.8 Å². The zero-order valence-corrected chi connectivity index (χ0v) is 12.1. The summed E-state index contributed by atoms with van der Waals surface area (Å²) in [6, 6.07) is 8.30. The molecule has 1 N–H and O–H groups in total. The number of nitrogens with one attached hydrogen (secondary N) is 1. The number of benzene rings is 1. The van der Waals surface area contributed by atoms with Gasteiger partial charge in [0.15, 0.2) is 0 Å². The van der Waals surface area contributed by atoms with Gasteiger partial charge in [-0.25, -0.2) is 9.97 Å². The Morgan fingerprint density at radius 1 is 1.22 bits per heavy atom. The van der Waals surface area contributed by atoms with Gasteiger partial charge in [0.2, 0.25) is 0 Å². The van der Waals surface area contributed by atoms with Crippen LogP contribution in [0.5, 0.6) is 0 Å². The van der Waals surface area contributed by atoms with Crippen molar-refractivity contribution >= 4 is 27.7 Å². The molecule has 0 saturated carbocycles. The van der Waals surface area contributed by atoms with Gasteiger partial charge in [-0.05, 0) is 24.3 Å². The van der Waals surface area contributed by atoms with Crippen molar-refractivity contribution in [3.05, 3.63) is 52.0 Å². The first-order valence-corrected chi connectivity index (χ1v) is 7.52. The Balaban J connectivity index is 1.68. The number of rotatable bonds is 3. The number of fused-ring (bicyclic) bond motifs is 1. The number of halogens is 1. The molecule has 0 spiro atoms. The summed E-state index contributed by atoms with van der Waals surface area (Å²) in [5.74, 6) is 1.72. The lowest BCUT2D eigenvalue weighted by molar-refractivity contribution is 0.756. The zero-order chi connectivity index (χ0) is 12.4. The first-order chi connectivity index (χ1) is 8.81. The van der Waals surface area contributed by atoms with E-state index >= 15 is 0 Å². The van der Waals surface area contributed by atoms with Crippen molar-refractivity contribution in [2.45, 2.75) is 23.7 Å². The Morgan fingerprint density at radius 2 is 2.06 bits per heavy atom. The van der Waals surface area contributed by atoms with E-state index in [9.17, 15) is 0 Å². The Bertz CT molecular complexity index is 557. The van der Waals surface area contributed by atoms with Crippen LogP contribution in [0, 0.1) is 0 Å². The van der Waals surface area contributed by atoms with Gasteiger partial charge < -0.3 is 5.32 Å². The maximum absolute atomic E-state index is 4.58. The van der Waals surface area contributed by atoms with Gasteiger partial charge in [-0.1, -0.05) is 15.9 Å². The molecule has 5 heteroatoms. The lowest BCUT2D eigenvalue weighted by Crippen LogP contribution is -2.01. The predicted octanol–water partition coefficient (Wildman–Crippen LogP) is 3.13. The predicted molar refractivity (Wildman–Crippen MR) is 76.3 cm³/mol. The third kappa shape index (κ3) is 2.74. The first-order valence-electron chi connectivity index (χ1n) is 5.74. The maximum Gasteiger partial charge on any atom is 0.138 e. The Morgan fingerprint density at radius 3 is 2.89 bits per heavy atom. The minimum atomic E-state index is 0.814. The van der Waals surface area contributed by atoms with E-state index < -0.39 is 0 Å². The summed E-state index contributed by atoms with van der Waals surface area (Å²) < 4.78 is 1.10. The lowest BCUT2D eigenvalue weighted by atomic mass is 10.3. The van der Waals surface area contributed by atoms with Crippen LogP contribution in [-0.2, 0) is 18.8 Å². The minimum absolute atomic E-state index is 0.814. The summed E-state index contributed by atoms with van der Waals surface area (Å²) in [6.07, 6.45) is 1.94. The van der Waals surface area contributed by atoms with Crippen LogP contribution >= 0.6 is 27.7 Å². The molecule has 0 unspecified atom stereocenters. The molecule has 0 bridgehead atoms. The van der Waals surface area contributed by atoms with Crippen LogP contribution in [0.15, 0.2) is 39.8 Å². The summed E-state index contributed by atoms with van der Waals surface area (Å²) in [5.41, 5.74) is 2.38. The van der Waals surface area contributed by atoms with Gasteiger partial charge in [0.1, 0.15) is 5.82 Å². The third-order valence-electron chi connectivity index (χ3n) is 2.79. The van der Waals surface area contributed by atoms with Crippen LogP contribution in [0.25, 0.3) is 0 Å². The Labute approximate surface area is 119 Å². The normalized spacial score (nSPS) is 13.6. The molecular weight excluding hydrogens is 310 g/mol. The van der Waals surface area contributed by atoms with E-state index in [1.807, 2.05) is 6.20 Å². The molecule has 0 amide bonds. The molecule has 0 fully saturated rings. The fourth-order valence-electron chi connectivity index (χ4n) is 1.85. The Hall–Kier alpha value is -0.910. The van der Waals surface area contributed by atoms with E-state index in [4.69, 9.17) is 0 Å². The first kappa shape index (κ1) is 12.1. The second kappa shape index (κ2) is 5.38. The Kier molecular flexibility index (Phi) is 3.63. The van der Waals surface area contributed by atoms with E-state index in [0.29, 0.717) is 0 Å². The molecule has 2 aromatic rings. The molecule has 0 radical (unpaired) electrons. The highest BCUT2D eigenvalue weighted by molar-refractivity contribution is 9.10. The molecule has 3 rings (SSSR count). The van der Waals surface area contributed by atoms with Gasteiger partial charge in [0, 0.05) is 34.2 Å². The molecule has 1 aliphatic heterocycles.